The van der Waals surface area contributed by atoms with Crippen molar-refractivity contribution in [2.24, 2.45) is 0 Å². The van der Waals surface area contributed by atoms with E-state index in [9.17, 15) is 5.11 Å². The molecular weight excluding hydrogens is 242 g/mol. The van der Waals surface area contributed by atoms with Gasteiger partial charge in [-0.05, 0) is 40.0 Å². The first kappa shape index (κ1) is 10.8. The summed E-state index contributed by atoms with van der Waals surface area (Å²) in [7, 11) is 0. The fraction of sp³-hybridized carbons (Fsp3) is 0.182. The molecule has 0 amide bonds. The van der Waals surface area contributed by atoms with Crippen LogP contribution in [0.5, 0.6) is 5.75 Å². The van der Waals surface area contributed by atoms with Crippen molar-refractivity contribution in [3.8, 4) is 11.8 Å². The number of nitriles is 1. The highest BCUT2D eigenvalue weighted by atomic mass is 79.9. The van der Waals surface area contributed by atoms with Gasteiger partial charge in [-0.3, -0.25) is 0 Å². The van der Waals surface area contributed by atoms with Crippen molar-refractivity contribution in [2.45, 2.75) is 12.8 Å². The number of phenols is 1. The predicted octanol–water partition coefficient (Wildman–Crippen LogP) is 3.25. The van der Waals surface area contributed by atoms with E-state index >= 15 is 0 Å². The molecular formula is C11H10BrNO. The molecule has 0 saturated carbocycles. The molecule has 2 nitrogen and oxygen atoms in total. The molecule has 0 unspecified atom stereocenters. The molecule has 14 heavy (non-hydrogen) atoms. The van der Waals surface area contributed by atoms with Crippen LogP contribution in [0.4, 0.5) is 0 Å². The van der Waals surface area contributed by atoms with Crippen LogP contribution in [0.1, 0.15) is 17.5 Å². The lowest BCUT2D eigenvalue weighted by Crippen LogP contribution is -1.86. The Kier molecular flexibility index (Phi) is 3.73. The number of phenolic OH excluding ortho intramolecular Hbond substituents is 1. The first-order valence-electron chi connectivity index (χ1n) is 4.19. The molecule has 0 fully saturated rings. The Morgan fingerprint density at radius 2 is 2.29 bits per heavy atom. The Labute approximate surface area is 91.6 Å². The Hall–Kier alpha value is -1.27. The van der Waals surface area contributed by atoms with Gasteiger partial charge in [0.15, 0.2) is 0 Å². The van der Waals surface area contributed by atoms with E-state index < -0.39 is 0 Å². The van der Waals surface area contributed by atoms with E-state index in [1.807, 2.05) is 12.1 Å². The number of nitrogens with zero attached hydrogens (tertiary/aromatic N) is 1. The van der Waals surface area contributed by atoms with E-state index in [1.165, 1.54) is 0 Å². The molecule has 1 aromatic carbocycles. The van der Waals surface area contributed by atoms with Crippen molar-refractivity contribution in [3.63, 3.8) is 0 Å². The van der Waals surface area contributed by atoms with E-state index in [0.717, 1.165) is 5.56 Å². The van der Waals surface area contributed by atoms with Gasteiger partial charge in [-0.1, -0.05) is 12.7 Å². The maximum Gasteiger partial charge on any atom is 0.136 e. The molecule has 1 aromatic rings. The predicted molar refractivity (Wildman–Crippen MR) is 59.8 cm³/mol. The van der Waals surface area contributed by atoms with E-state index in [2.05, 4.69) is 28.6 Å². The molecule has 72 valence electrons. The number of aryl methyl sites for hydroxylation is 1. The smallest absolute Gasteiger partial charge is 0.136 e. The molecule has 0 aliphatic heterocycles. The van der Waals surface area contributed by atoms with Gasteiger partial charge in [-0.2, -0.15) is 5.26 Å². The lowest BCUT2D eigenvalue weighted by atomic mass is 10.1. The monoisotopic (exact) mass is 251 g/mol. The standard InChI is InChI=1S/C11H10BrNO/c1-2-9-6-8(4-3-5-13)7-10(12)11(9)14/h2,6-7,14H,1,3-4H2. The zero-order valence-corrected chi connectivity index (χ0v) is 9.21. The van der Waals surface area contributed by atoms with Crippen LogP contribution in [0, 0.1) is 11.3 Å². The Balaban J connectivity index is 3.04. The minimum absolute atomic E-state index is 0.195. The van der Waals surface area contributed by atoms with Gasteiger partial charge in [0.1, 0.15) is 5.75 Å². The molecule has 0 spiro atoms. The second-order valence-electron chi connectivity index (χ2n) is 2.88. The topological polar surface area (TPSA) is 44.0 Å². The Morgan fingerprint density at radius 3 is 2.86 bits per heavy atom. The molecule has 0 aromatic heterocycles. The summed E-state index contributed by atoms with van der Waals surface area (Å²) in [5.41, 5.74) is 1.71. The van der Waals surface area contributed by atoms with Crippen molar-refractivity contribution < 1.29 is 5.11 Å². The summed E-state index contributed by atoms with van der Waals surface area (Å²) in [6, 6.07) is 5.74. The first-order valence-corrected chi connectivity index (χ1v) is 4.99. The summed E-state index contributed by atoms with van der Waals surface area (Å²) in [5.74, 6) is 0.195. The Morgan fingerprint density at radius 1 is 1.57 bits per heavy atom. The van der Waals surface area contributed by atoms with Crippen LogP contribution in [0.15, 0.2) is 23.2 Å². The number of rotatable bonds is 3. The zero-order chi connectivity index (χ0) is 10.6. The van der Waals surface area contributed by atoms with Gasteiger partial charge in [0.25, 0.3) is 0 Å². The van der Waals surface area contributed by atoms with Crippen LogP contribution in [0.3, 0.4) is 0 Å². The lowest BCUT2D eigenvalue weighted by Gasteiger charge is -2.05. The average molecular weight is 252 g/mol. The zero-order valence-electron chi connectivity index (χ0n) is 7.63. The summed E-state index contributed by atoms with van der Waals surface area (Å²) < 4.78 is 0.642. The highest BCUT2D eigenvalue weighted by molar-refractivity contribution is 9.10. The molecule has 0 aliphatic carbocycles. The highest BCUT2D eigenvalue weighted by Gasteiger charge is 2.05. The van der Waals surface area contributed by atoms with Crippen molar-refractivity contribution in [2.75, 3.05) is 0 Å². The number of halogens is 1. The van der Waals surface area contributed by atoms with E-state index in [-0.39, 0.29) is 5.75 Å². The minimum Gasteiger partial charge on any atom is -0.506 e. The van der Waals surface area contributed by atoms with Crippen LogP contribution in [0.25, 0.3) is 6.08 Å². The average Bonchev–Trinajstić information content (AvgIpc) is 2.19. The molecule has 1 N–H and O–H groups in total. The quantitative estimate of drug-likeness (QED) is 0.897. The second kappa shape index (κ2) is 4.83. The van der Waals surface area contributed by atoms with Crippen molar-refractivity contribution in [1.29, 1.82) is 5.26 Å². The van der Waals surface area contributed by atoms with Crippen LogP contribution in [-0.4, -0.2) is 5.11 Å². The maximum absolute atomic E-state index is 9.56. The van der Waals surface area contributed by atoms with Crippen molar-refractivity contribution >= 4 is 22.0 Å². The molecule has 0 radical (unpaired) electrons. The molecule has 3 heteroatoms. The van der Waals surface area contributed by atoms with Gasteiger partial charge in [0.2, 0.25) is 0 Å². The summed E-state index contributed by atoms with van der Waals surface area (Å²) in [6.45, 7) is 3.61. The maximum atomic E-state index is 9.56. The van der Waals surface area contributed by atoms with Gasteiger partial charge in [0, 0.05) is 12.0 Å². The van der Waals surface area contributed by atoms with Crippen LogP contribution < -0.4 is 0 Å². The molecule has 0 saturated heterocycles. The van der Waals surface area contributed by atoms with Gasteiger partial charge in [0.05, 0.1) is 10.5 Å². The minimum atomic E-state index is 0.195. The largest absolute Gasteiger partial charge is 0.506 e. The van der Waals surface area contributed by atoms with Gasteiger partial charge < -0.3 is 5.11 Å². The number of aromatic hydroxyl groups is 1. The highest BCUT2D eigenvalue weighted by Crippen LogP contribution is 2.30. The van der Waals surface area contributed by atoms with Crippen LogP contribution in [0.2, 0.25) is 0 Å². The first-order chi connectivity index (χ1) is 6.69. The fourth-order valence-corrected chi connectivity index (χ4v) is 1.70. The van der Waals surface area contributed by atoms with Crippen molar-refractivity contribution in [1.82, 2.24) is 0 Å². The normalized spacial score (nSPS) is 9.43. The van der Waals surface area contributed by atoms with E-state index in [1.54, 1.807) is 6.08 Å². The molecule has 1 rings (SSSR count). The summed E-state index contributed by atoms with van der Waals surface area (Å²) >= 11 is 3.25. The van der Waals surface area contributed by atoms with E-state index in [4.69, 9.17) is 5.26 Å². The third kappa shape index (κ3) is 2.36. The summed E-state index contributed by atoms with van der Waals surface area (Å²) in [5, 5.41) is 18.0. The molecule has 0 bridgehead atoms. The number of hydrogen-bond donors (Lipinski definition) is 1. The SMILES string of the molecule is C=Cc1cc(CCC#N)cc(Br)c1O. The second-order valence-corrected chi connectivity index (χ2v) is 3.73. The van der Waals surface area contributed by atoms with Crippen molar-refractivity contribution in [3.05, 3.63) is 34.3 Å². The van der Waals surface area contributed by atoms with Gasteiger partial charge in [-0.15, -0.1) is 0 Å². The van der Waals surface area contributed by atoms with E-state index in [0.29, 0.717) is 22.9 Å². The van der Waals surface area contributed by atoms with Gasteiger partial charge in [-0.25, -0.2) is 0 Å². The van der Waals surface area contributed by atoms with Crippen LogP contribution >= 0.6 is 15.9 Å². The molecule has 0 aliphatic rings. The fourth-order valence-electron chi connectivity index (χ4n) is 1.18. The number of hydrogen-bond acceptors (Lipinski definition) is 2. The lowest BCUT2D eigenvalue weighted by molar-refractivity contribution is 0.470. The van der Waals surface area contributed by atoms with Gasteiger partial charge >= 0.3 is 0 Å². The Bertz CT molecular complexity index is 393. The third-order valence-electron chi connectivity index (χ3n) is 1.90. The van der Waals surface area contributed by atoms with Crippen LogP contribution in [-0.2, 0) is 6.42 Å². The number of benzene rings is 1. The third-order valence-corrected chi connectivity index (χ3v) is 2.50. The summed E-state index contributed by atoms with van der Waals surface area (Å²) in [4.78, 5) is 0. The molecule has 0 atom stereocenters. The molecule has 0 heterocycles. The summed E-state index contributed by atoms with van der Waals surface area (Å²) in [6.07, 6.45) is 2.76.